The summed E-state index contributed by atoms with van der Waals surface area (Å²) in [5.74, 6) is 0.975. The van der Waals surface area contributed by atoms with Crippen LogP contribution in [-0.2, 0) is 0 Å². The zero-order valence-corrected chi connectivity index (χ0v) is 10.8. The van der Waals surface area contributed by atoms with Gasteiger partial charge in [-0.15, -0.1) is 0 Å². The lowest BCUT2D eigenvalue weighted by molar-refractivity contribution is 0.199. The maximum atomic E-state index is 5.75. The molecule has 1 aliphatic rings. The van der Waals surface area contributed by atoms with Crippen LogP contribution in [0.1, 0.15) is 12.0 Å². The summed E-state index contributed by atoms with van der Waals surface area (Å²) in [6, 6.07) is 8.90. The van der Waals surface area contributed by atoms with Gasteiger partial charge in [-0.1, -0.05) is 12.1 Å². The van der Waals surface area contributed by atoms with Crippen molar-refractivity contribution < 1.29 is 4.74 Å². The van der Waals surface area contributed by atoms with Crippen LogP contribution in [0.15, 0.2) is 24.3 Å². The second kappa shape index (κ2) is 6.03. The first-order valence-corrected chi connectivity index (χ1v) is 6.36. The van der Waals surface area contributed by atoms with Gasteiger partial charge in [0.1, 0.15) is 12.4 Å². The van der Waals surface area contributed by atoms with Gasteiger partial charge < -0.3 is 10.1 Å². The van der Waals surface area contributed by atoms with Crippen molar-refractivity contribution in [1.29, 1.82) is 0 Å². The van der Waals surface area contributed by atoms with E-state index in [-0.39, 0.29) is 0 Å². The molecule has 0 radical (unpaired) electrons. The quantitative estimate of drug-likeness (QED) is 0.838. The fraction of sp³-hybridized carbons (Fsp3) is 0.571. The van der Waals surface area contributed by atoms with E-state index in [1.807, 2.05) is 12.1 Å². The van der Waals surface area contributed by atoms with Crippen molar-refractivity contribution in [3.05, 3.63) is 29.8 Å². The third-order valence-corrected chi connectivity index (χ3v) is 3.36. The number of aryl methyl sites for hydroxylation is 1. The molecule has 0 aliphatic carbocycles. The zero-order chi connectivity index (χ0) is 12.1. The van der Waals surface area contributed by atoms with Gasteiger partial charge in [0.15, 0.2) is 0 Å². The minimum atomic E-state index is 0.677. The number of ether oxygens (including phenoxy) is 1. The lowest BCUT2D eigenvalue weighted by Gasteiger charge is -2.23. The van der Waals surface area contributed by atoms with Gasteiger partial charge in [-0.3, -0.25) is 4.90 Å². The largest absolute Gasteiger partial charge is 0.492 e. The molecular formula is C14H22N2O. The molecule has 2 rings (SSSR count). The zero-order valence-electron chi connectivity index (χ0n) is 10.8. The van der Waals surface area contributed by atoms with Crippen LogP contribution in [0.2, 0.25) is 0 Å². The maximum absolute atomic E-state index is 5.75. The molecule has 1 aliphatic heterocycles. The summed E-state index contributed by atoms with van der Waals surface area (Å²) in [6.45, 7) is 6.09. The molecule has 0 amide bonds. The molecule has 1 N–H and O–H groups in total. The number of nitrogens with zero attached hydrogens (tertiary/aromatic N) is 1. The minimum Gasteiger partial charge on any atom is -0.492 e. The van der Waals surface area contributed by atoms with Crippen molar-refractivity contribution in [2.75, 3.05) is 33.3 Å². The Labute approximate surface area is 104 Å². The van der Waals surface area contributed by atoms with Crippen molar-refractivity contribution >= 4 is 0 Å². The van der Waals surface area contributed by atoms with Crippen molar-refractivity contribution in [2.45, 2.75) is 19.4 Å². The lowest BCUT2D eigenvalue weighted by atomic mass is 10.2. The molecule has 3 nitrogen and oxygen atoms in total. The Bertz CT molecular complexity index is 348. The standard InChI is InChI=1S/C14H22N2O/c1-12-4-3-5-14(10-12)17-9-8-16(2)13-6-7-15-11-13/h3-5,10,13,15H,6-9,11H2,1-2H3. The number of rotatable bonds is 5. The molecule has 1 atom stereocenters. The van der Waals surface area contributed by atoms with E-state index in [2.05, 4.69) is 36.3 Å². The Balaban J connectivity index is 1.71. The van der Waals surface area contributed by atoms with Gasteiger partial charge in [0.2, 0.25) is 0 Å². The van der Waals surface area contributed by atoms with Gasteiger partial charge in [0.25, 0.3) is 0 Å². The van der Waals surface area contributed by atoms with Crippen LogP contribution in [-0.4, -0.2) is 44.2 Å². The Morgan fingerprint density at radius 2 is 2.35 bits per heavy atom. The maximum Gasteiger partial charge on any atom is 0.119 e. The summed E-state index contributed by atoms with van der Waals surface area (Å²) < 4.78 is 5.75. The van der Waals surface area contributed by atoms with Gasteiger partial charge >= 0.3 is 0 Å². The van der Waals surface area contributed by atoms with Gasteiger partial charge in [-0.05, 0) is 44.6 Å². The van der Waals surface area contributed by atoms with Gasteiger partial charge in [-0.2, -0.15) is 0 Å². The highest BCUT2D eigenvalue weighted by Crippen LogP contribution is 2.12. The highest BCUT2D eigenvalue weighted by molar-refractivity contribution is 5.27. The van der Waals surface area contributed by atoms with Gasteiger partial charge in [0.05, 0.1) is 0 Å². The third-order valence-electron chi connectivity index (χ3n) is 3.36. The van der Waals surface area contributed by atoms with Crippen molar-refractivity contribution in [3.63, 3.8) is 0 Å². The number of likely N-dealkylation sites (N-methyl/N-ethyl adjacent to an activating group) is 1. The van der Waals surface area contributed by atoms with Gasteiger partial charge in [0, 0.05) is 19.1 Å². The minimum absolute atomic E-state index is 0.677. The Morgan fingerprint density at radius 1 is 1.47 bits per heavy atom. The van der Waals surface area contributed by atoms with Crippen LogP contribution < -0.4 is 10.1 Å². The fourth-order valence-corrected chi connectivity index (χ4v) is 2.21. The molecule has 0 aromatic heterocycles. The normalized spacial score (nSPS) is 19.8. The third kappa shape index (κ3) is 3.72. The Kier molecular flexibility index (Phi) is 4.40. The molecule has 0 bridgehead atoms. The van der Waals surface area contributed by atoms with Crippen LogP contribution in [0.3, 0.4) is 0 Å². The Morgan fingerprint density at radius 3 is 3.06 bits per heavy atom. The van der Waals surface area contributed by atoms with Crippen LogP contribution in [0, 0.1) is 6.92 Å². The van der Waals surface area contributed by atoms with Crippen LogP contribution in [0.4, 0.5) is 0 Å². The van der Waals surface area contributed by atoms with Crippen LogP contribution in [0.25, 0.3) is 0 Å². The first-order chi connectivity index (χ1) is 8.25. The van der Waals surface area contributed by atoms with E-state index in [4.69, 9.17) is 4.74 Å². The smallest absolute Gasteiger partial charge is 0.119 e. The molecule has 1 fully saturated rings. The average Bonchev–Trinajstić information content (AvgIpc) is 2.82. The summed E-state index contributed by atoms with van der Waals surface area (Å²) in [5, 5.41) is 3.39. The molecule has 17 heavy (non-hydrogen) atoms. The molecular weight excluding hydrogens is 212 g/mol. The number of nitrogens with one attached hydrogen (secondary N) is 1. The van der Waals surface area contributed by atoms with Crippen LogP contribution in [0.5, 0.6) is 5.75 Å². The number of hydrogen-bond donors (Lipinski definition) is 1. The molecule has 1 unspecified atom stereocenters. The summed E-state index contributed by atoms with van der Waals surface area (Å²) in [4.78, 5) is 2.38. The van der Waals surface area contributed by atoms with E-state index in [0.29, 0.717) is 6.04 Å². The second-order valence-electron chi connectivity index (χ2n) is 4.79. The summed E-state index contributed by atoms with van der Waals surface area (Å²) >= 11 is 0. The molecule has 0 spiro atoms. The molecule has 1 heterocycles. The molecule has 0 saturated carbocycles. The number of hydrogen-bond acceptors (Lipinski definition) is 3. The summed E-state index contributed by atoms with van der Waals surface area (Å²) in [7, 11) is 2.18. The second-order valence-corrected chi connectivity index (χ2v) is 4.79. The van der Waals surface area contributed by atoms with Gasteiger partial charge in [-0.25, -0.2) is 0 Å². The fourth-order valence-electron chi connectivity index (χ4n) is 2.21. The highest BCUT2D eigenvalue weighted by atomic mass is 16.5. The molecule has 1 saturated heterocycles. The highest BCUT2D eigenvalue weighted by Gasteiger charge is 2.18. The molecule has 94 valence electrons. The number of benzene rings is 1. The summed E-state index contributed by atoms with van der Waals surface area (Å²) in [6.07, 6.45) is 1.25. The summed E-state index contributed by atoms with van der Waals surface area (Å²) in [5.41, 5.74) is 1.25. The van der Waals surface area contributed by atoms with Crippen molar-refractivity contribution in [3.8, 4) is 5.75 Å². The molecule has 1 aromatic rings. The first kappa shape index (κ1) is 12.4. The van der Waals surface area contributed by atoms with E-state index < -0.39 is 0 Å². The van der Waals surface area contributed by atoms with Crippen LogP contribution >= 0.6 is 0 Å². The molecule has 3 heteroatoms. The lowest BCUT2D eigenvalue weighted by Crippen LogP contribution is -2.36. The predicted octanol–water partition coefficient (Wildman–Crippen LogP) is 1.67. The van der Waals surface area contributed by atoms with Crippen molar-refractivity contribution in [2.24, 2.45) is 0 Å². The van der Waals surface area contributed by atoms with E-state index in [9.17, 15) is 0 Å². The van der Waals surface area contributed by atoms with E-state index in [1.54, 1.807) is 0 Å². The topological polar surface area (TPSA) is 24.5 Å². The van der Waals surface area contributed by atoms with E-state index >= 15 is 0 Å². The van der Waals surface area contributed by atoms with E-state index in [0.717, 1.165) is 32.0 Å². The van der Waals surface area contributed by atoms with E-state index in [1.165, 1.54) is 12.0 Å². The first-order valence-electron chi connectivity index (χ1n) is 6.36. The van der Waals surface area contributed by atoms with Crippen molar-refractivity contribution in [1.82, 2.24) is 10.2 Å². The average molecular weight is 234 g/mol. The Hall–Kier alpha value is -1.06. The monoisotopic (exact) mass is 234 g/mol. The SMILES string of the molecule is Cc1cccc(OCCN(C)C2CCNC2)c1. The molecule has 1 aromatic carbocycles. The predicted molar refractivity (Wildman–Crippen MR) is 70.6 cm³/mol.